The lowest BCUT2D eigenvalue weighted by Crippen LogP contribution is -2.20. The number of nitrogens with zero attached hydrogens (tertiary/aromatic N) is 2. The first-order chi connectivity index (χ1) is 33.8. The molecular weight excluding hydrogens is 1020 g/mol. The number of carbonyl (C=O) groups is 4. The predicted molar refractivity (Wildman–Crippen MR) is 223 cm³/mol. The topological polar surface area (TPSA) is 190 Å². The van der Waals surface area contributed by atoms with Crippen molar-refractivity contribution in [2.75, 3.05) is 17.7 Å². The van der Waals surface area contributed by atoms with Crippen molar-refractivity contribution in [2.45, 2.75) is 38.9 Å². The number of ether oxygens (including phenoxy) is 5. The summed E-state index contributed by atoms with van der Waals surface area (Å²) in [5.74, 6) is -11.6. The molecule has 0 aliphatic heterocycles. The molecule has 28 heteroatoms. The van der Waals surface area contributed by atoms with Gasteiger partial charge in [0.2, 0.25) is 0 Å². The minimum Gasteiger partial charge on any atom is -0.464 e. The first-order valence-electron chi connectivity index (χ1n) is 19.7. The Morgan fingerprint density at radius 2 is 0.863 bits per heavy atom. The summed E-state index contributed by atoms with van der Waals surface area (Å²) in [6, 6.07) is 11.4. The maximum absolute atomic E-state index is 15.0. The highest BCUT2D eigenvalue weighted by Crippen LogP contribution is 2.40. The third-order valence-electron chi connectivity index (χ3n) is 9.19. The molecule has 0 bridgehead atoms. The number of carbonyl (C=O) groups excluding carboxylic acids is 4. The van der Waals surface area contributed by atoms with Crippen LogP contribution >= 0.6 is 0 Å². The second-order valence-electron chi connectivity index (χ2n) is 14.4. The zero-order valence-electron chi connectivity index (χ0n) is 36.7. The molecule has 386 valence electrons. The van der Waals surface area contributed by atoms with Crippen LogP contribution in [0.25, 0.3) is 0 Å². The van der Waals surface area contributed by atoms with Gasteiger partial charge in [-0.1, -0.05) is 0 Å². The smallest absolute Gasteiger partial charge is 0.464 e. The molecule has 0 aliphatic rings. The SMILES string of the molecule is COC(=O)c1cc(NC(=O)c2c(Oc3ccc(OC(F)(F)F)cc3)ccc(C(F)(F)F)c2F)c(C)cn1.Cc1cnc(C(N)=O)cc1NC(=O)c1c(Oc2ccc(OC(F)(F)F)cc2)ccc(C(F)(F)F)c1F. The number of aromatic nitrogens is 2. The number of primary amides is 1. The molecule has 73 heavy (non-hydrogen) atoms. The summed E-state index contributed by atoms with van der Waals surface area (Å²) >= 11 is 0. The molecule has 0 unspecified atom stereocenters. The van der Waals surface area contributed by atoms with Crippen molar-refractivity contribution in [2.24, 2.45) is 5.73 Å². The second-order valence-corrected chi connectivity index (χ2v) is 14.4. The number of esters is 1. The fourth-order valence-corrected chi connectivity index (χ4v) is 5.86. The van der Waals surface area contributed by atoms with Gasteiger partial charge in [-0.15, -0.1) is 26.3 Å². The molecule has 3 amide bonds. The number of aryl methyl sites for hydroxylation is 2. The molecule has 0 aliphatic carbocycles. The van der Waals surface area contributed by atoms with E-state index < -0.39 is 106 Å². The highest BCUT2D eigenvalue weighted by atomic mass is 19.4. The van der Waals surface area contributed by atoms with Gasteiger partial charge in [-0.3, -0.25) is 19.4 Å². The van der Waals surface area contributed by atoms with Crippen molar-refractivity contribution in [1.29, 1.82) is 0 Å². The van der Waals surface area contributed by atoms with Crippen molar-refractivity contribution < 1.29 is 104 Å². The molecule has 4 N–H and O–H groups in total. The Kier molecular flexibility index (Phi) is 16.4. The van der Waals surface area contributed by atoms with Crippen LogP contribution in [-0.4, -0.2) is 53.5 Å². The zero-order chi connectivity index (χ0) is 54.4. The molecule has 2 heterocycles. The molecule has 0 saturated carbocycles. The average molecular weight is 1050 g/mol. The summed E-state index contributed by atoms with van der Waals surface area (Å²) in [5, 5.41) is 4.39. The van der Waals surface area contributed by atoms with Gasteiger partial charge < -0.3 is 40.1 Å². The Bertz CT molecular complexity index is 3040. The Labute approximate surface area is 399 Å². The first kappa shape index (κ1) is 55.2. The van der Waals surface area contributed by atoms with Gasteiger partial charge in [-0.05, 0) is 110 Å². The molecule has 6 aromatic rings. The summed E-state index contributed by atoms with van der Waals surface area (Å²) in [5.41, 5.74) is -0.872. The van der Waals surface area contributed by atoms with E-state index in [2.05, 4.69) is 34.8 Å². The van der Waals surface area contributed by atoms with Gasteiger partial charge in [0.05, 0.1) is 18.2 Å². The van der Waals surface area contributed by atoms with Crippen molar-refractivity contribution in [3.8, 4) is 34.5 Å². The van der Waals surface area contributed by atoms with E-state index in [9.17, 15) is 76.3 Å². The van der Waals surface area contributed by atoms with Crippen LogP contribution in [0.1, 0.15) is 63.9 Å². The first-order valence-corrected chi connectivity index (χ1v) is 19.7. The largest absolute Gasteiger partial charge is 0.573 e. The number of benzene rings is 4. The van der Waals surface area contributed by atoms with E-state index >= 15 is 4.39 Å². The van der Waals surface area contributed by atoms with E-state index in [4.69, 9.17) is 15.2 Å². The Balaban J connectivity index is 0.000000271. The van der Waals surface area contributed by atoms with Gasteiger partial charge in [-0.25, -0.2) is 18.6 Å². The number of halogens is 14. The number of nitrogens with two attached hydrogens (primary N) is 1. The third kappa shape index (κ3) is 14.7. The van der Waals surface area contributed by atoms with E-state index in [1.165, 1.54) is 20.0 Å². The Morgan fingerprint density at radius 1 is 0.521 bits per heavy atom. The molecule has 4 aromatic carbocycles. The van der Waals surface area contributed by atoms with Gasteiger partial charge in [0, 0.05) is 23.8 Å². The van der Waals surface area contributed by atoms with Crippen LogP contribution in [0.3, 0.4) is 0 Å². The average Bonchev–Trinajstić information content (AvgIpc) is 3.27. The number of pyridine rings is 2. The second kappa shape index (κ2) is 21.7. The summed E-state index contributed by atoms with van der Waals surface area (Å²) in [6.45, 7) is 2.89. The van der Waals surface area contributed by atoms with Crippen molar-refractivity contribution >= 4 is 35.1 Å². The van der Waals surface area contributed by atoms with Crippen molar-refractivity contribution in [3.63, 3.8) is 0 Å². The van der Waals surface area contributed by atoms with Crippen LogP contribution in [0.2, 0.25) is 0 Å². The predicted octanol–water partition coefficient (Wildman–Crippen LogP) is 11.9. The number of hydrogen-bond donors (Lipinski definition) is 3. The summed E-state index contributed by atoms with van der Waals surface area (Å²) in [6.07, 6.45) is -17.9. The fraction of sp³-hybridized carbons (Fsp3) is 0.156. The number of alkyl halides is 12. The highest BCUT2D eigenvalue weighted by Gasteiger charge is 2.39. The maximum atomic E-state index is 15.0. The van der Waals surface area contributed by atoms with E-state index in [0.717, 1.165) is 74.0 Å². The number of nitrogens with one attached hydrogen (secondary N) is 2. The van der Waals surface area contributed by atoms with Gasteiger partial charge in [0.15, 0.2) is 11.6 Å². The molecule has 6 rings (SSSR count). The van der Waals surface area contributed by atoms with E-state index in [0.29, 0.717) is 24.3 Å². The van der Waals surface area contributed by atoms with Crippen LogP contribution in [0.4, 0.5) is 72.8 Å². The number of hydrogen-bond acceptors (Lipinski definition) is 11. The van der Waals surface area contributed by atoms with Gasteiger partial charge in [0.25, 0.3) is 17.7 Å². The van der Waals surface area contributed by atoms with E-state index in [1.54, 1.807) is 0 Å². The van der Waals surface area contributed by atoms with Crippen molar-refractivity contribution in [1.82, 2.24) is 9.97 Å². The fourth-order valence-electron chi connectivity index (χ4n) is 5.86. The van der Waals surface area contributed by atoms with Gasteiger partial charge in [0.1, 0.15) is 57.0 Å². The van der Waals surface area contributed by atoms with Crippen LogP contribution in [0, 0.1) is 25.5 Å². The quantitative estimate of drug-likeness (QED) is 0.0781. The lowest BCUT2D eigenvalue weighted by atomic mass is 10.1. The van der Waals surface area contributed by atoms with Crippen molar-refractivity contribution in [3.05, 3.63) is 154 Å². The monoisotopic (exact) mass is 1050 g/mol. The Morgan fingerprint density at radius 3 is 1.19 bits per heavy atom. The molecule has 0 saturated heterocycles. The van der Waals surface area contributed by atoms with Crippen LogP contribution in [0.15, 0.2) is 97.3 Å². The lowest BCUT2D eigenvalue weighted by molar-refractivity contribution is -0.275. The molecular formula is C45H29F14N5O9. The lowest BCUT2D eigenvalue weighted by Gasteiger charge is -2.17. The Hall–Kier alpha value is -8.72. The molecule has 2 aromatic heterocycles. The normalized spacial score (nSPS) is 11.6. The van der Waals surface area contributed by atoms with Gasteiger partial charge >= 0.3 is 31.0 Å². The van der Waals surface area contributed by atoms with E-state index in [1.807, 2.05) is 0 Å². The minimum atomic E-state index is -5.17. The van der Waals surface area contributed by atoms with Crippen LogP contribution < -0.4 is 35.3 Å². The highest BCUT2D eigenvalue weighted by molar-refractivity contribution is 6.08. The zero-order valence-corrected chi connectivity index (χ0v) is 36.7. The van der Waals surface area contributed by atoms with Gasteiger partial charge in [-0.2, -0.15) is 26.3 Å². The van der Waals surface area contributed by atoms with Crippen LogP contribution in [0.5, 0.6) is 34.5 Å². The molecule has 14 nitrogen and oxygen atoms in total. The minimum absolute atomic E-state index is 0.0863. The number of rotatable bonds is 12. The molecule has 0 radical (unpaired) electrons. The molecule has 0 spiro atoms. The molecule has 0 fully saturated rings. The summed E-state index contributed by atoms with van der Waals surface area (Å²) in [4.78, 5) is 56.5. The molecule has 0 atom stereocenters. The number of methoxy groups -OCH3 is 1. The van der Waals surface area contributed by atoms with E-state index in [-0.39, 0.29) is 45.4 Å². The maximum Gasteiger partial charge on any atom is 0.573 e. The standard InChI is InChI=1S/C23H15F7N2O5.C22H14F7N3O4/c1-11-10-31-16(21(34)35-2)9-15(11)32-20(33)18-17(8-7-14(19(18)24)22(25,26)27)36-12-3-5-13(6-4-12)37-23(28,29)30;1-10-9-31-15(19(30)33)8-14(10)32-20(34)17-16(7-6-13(18(17)23)21(24,25)26)35-11-2-4-12(5-3-11)36-22(27,28)29/h3-10H,1-2H3,(H,31,32,33);2-9H,1H3,(H2,30,33)(H,31,32,34). The number of amides is 3. The third-order valence-corrected chi connectivity index (χ3v) is 9.19. The number of anilines is 2. The summed E-state index contributed by atoms with van der Waals surface area (Å²) in [7, 11) is 1.07. The van der Waals surface area contributed by atoms with Crippen LogP contribution in [-0.2, 0) is 17.1 Å². The summed E-state index contributed by atoms with van der Waals surface area (Å²) < 4.78 is 206.